The van der Waals surface area contributed by atoms with E-state index in [4.69, 9.17) is 12.2 Å². The van der Waals surface area contributed by atoms with Crippen molar-refractivity contribution in [3.05, 3.63) is 65.2 Å². The average Bonchev–Trinajstić information content (AvgIpc) is 3.26. The minimum atomic E-state index is 0.557. The highest BCUT2D eigenvalue weighted by atomic mass is 32.2. The molecule has 0 bridgehead atoms. The fourth-order valence-electron chi connectivity index (χ4n) is 2.97. The first-order valence-corrected chi connectivity index (χ1v) is 9.64. The minimum absolute atomic E-state index is 0.557. The molecule has 5 rings (SSSR count). The van der Waals surface area contributed by atoms with E-state index in [9.17, 15) is 0 Å². The van der Waals surface area contributed by atoms with Crippen molar-refractivity contribution in [1.82, 2.24) is 34.9 Å². The summed E-state index contributed by atoms with van der Waals surface area (Å²) in [6.07, 6.45) is 0. The maximum atomic E-state index is 5.37. The number of H-pyrrole nitrogens is 2. The second kappa shape index (κ2) is 6.60. The molecule has 9 heteroatoms. The molecule has 2 N–H and O–H groups in total. The number of nitrogens with zero attached hydrogens (tertiary/aromatic N) is 5. The number of benzene rings is 2. The number of nitrogens with one attached hydrogen (secondary N) is 2. The highest BCUT2D eigenvalue weighted by molar-refractivity contribution is 7.98. The minimum Gasteiger partial charge on any atom is -0.338 e. The molecule has 0 unspecified atom stereocenters. The molecule has 5 aromatic rings. The molecule has 3 heterocycles. The first kappa shape index (κ1) is 16.2. The molecular weight excluding hydrogens is 378 g/mol. The Morgan fingerprint density at radius 1 is 1.00 bits per heavy atom. The molecule has 7 nitrogen and oxygen atoms in total. The second-order valence-corrected chi connectivity index (χ2v) is 7.20. The van der Waals surface area contributed by atoms with Crippen LogP contribution in [0.25, 0.3) is 27.8 Å². The lowest BCUT2D eigenvalue weighted by atomic mass is 10.2. The molecule has 0 spiro atoms. The van der Waals surface area contributed by atoms with Gasteiger partial charge in [-0.1, -0.05) is 48.2 Å². The van der Waals surface area contributed by atoms with Crippen LogP contribution in [0.3, 0.4) is 0 Å². The second-order valence-electron chi connectivity index (χ2n) is 5.87. The Morgan fingerprint density at radius 2 is 1.81 bits per heavy atom. The maximum absolute atomic E-state index is 5.37. The monoisotopic (exact) mass is 391 g/mol. The smallest absolute Gasteiger partial charge is 0.211 e. The van der Waals surface area contributed by atoms with E-state index in [1.54, 1.807) is 0 Å². The maximum Gasteiger partial charge on any atom is 0.211 e. The molecule has 0 aliphatic heterocycles. The molecule has 0 fully saturated rings. The highest BCUT2D eigenvalue weighted by Gasteiger charge is 2.12. The molecule has 0 saturated heterocycles. The van der Waals surface area contributed by atoms with Gasteiger partial charge in [0, 0.05) is 16.6 Å². The van der Waals surface area contributed by atoms with Gasteiger partial charge < -0.3 is 4.98 Å². The predicted molar refractivity (Wildman–Crippen MR) is 107 cm³/mol. The lowest BCUT2D eigenvalue weighted by Crippen LogP contribution is -2.01. The number of aromatic nitrogens is 7. The lowest BCUT2D eigenvalue weighted by molar-refractivity contribution is 0.873. The Balaban J connectivity index is 1.45. The van der Waals surface area contributed by atoms with Crippen LogP contribution in [-0.2, 0) is 5.75 Å². The number of hydrogen-bond acceptors (Lipinski definition) is 6. The van der Waals surface area contributed by atoms with E-state index in [1.807, 2.05) is 59.2 Å². The van der Waals surface area contributed by atoms with E-state index in [0.29, 0.717) is 15.7 Å². The Bertz CT molecular complexity index is 1300. The number of aromatic amines is 2. The summed E-state index contributed by atoms with van der Waals surface area (Å²) in [6.45, 7) is 0. The topological polar surface area (TPSA) is 88.1 Å². The van der Waals surface area contributed by atoms with Crippen molar-refractivity contribution in [2.24, 2.45) is 0 Å². The normalized spacial score (nSPS) is 11.4. The Labute approximate surface area is 162 Å². The summed E-state index contributed by atoms with van der Waals surface area (Å²) in [5, 5.41) is 17.4. The quantitative estimate of drug-likeness (QED) is 0.355. The number of thioether (sulfide) groups is 1. The van der Waals surface area contributed by atoms with Crippen LogP contribution >= 0.6 is 24.0 Å². The molecule has 132 valence electrons. The molecule has 0 aliphatic carbocycles. The van der Waals surface area contributed by atoms with Gasteiger partial charge in [0.05, 0.1) is 5.75 Å². The van der Waals surface area contributed by atoms with Gasteiger partial charge >= 0.3 is 0 Å². The zero-order valence-electron chi connectivity index (χ0n) is 14.0. The molecule has 2 aromatic carbocycles. The molecular formula is C18H13N7S2. The van der Waals surface area contributed by atoms with Gasteiger partial charge in [-0.05, 0) is 30.4 Å². The van der Waals surface area contributed by atoms with Crippen molar-refractivity contribution in [3.8, 4) is 5.69 Å². The van der Waals surface area contributed by atoms with E-state index in [-0.39, 0.29) is 0 Å². The molecule has 3 aromatic heterocycles. The zero-order valence-corrected chi connectivity index (χ0v) is 15.6. The van der Waals surface area contributed by atoms with Crippen LogP contribution in [0.1, 0.15) is 5.82 Å². The van der Waals surface area contributed by atoms with Gasteiger partial charge in [0.2, 0.25) is 5.16 Å². The molecule has 0 amide bonds. The van der Waals surface area contributed by atoms with Crippen LogP contribution in [0.5, 0.6) is 0 Å². The Morgan fingerprint density at radius 3 is 2.70 bits per heavy atom. The van der Waals surface area contributed by atoms with E-state index in [1.165, 1.54) is 11.8 Å². The summed E-state index contributed by atoms with van der Waals surface area (Å²) in [6, 6.07) is 17.9. The third-order valence-corrected chi connectivity index (χ3v) is 5.30. The number of fused-ring (bicyclic) bond motifs is 3. The first-order chi connectivity index (χ1) is 13.3. The van der Waals surface area contributed by atoms with Gasteiger partial charge in [-0.25, -0.2) is 4.98 Å². The third-order valence-electron chi connectivity index (χ3n) is 4.19. The summed E-state index contributed by atoms with van der Waals surface area (Å²) in [4.78, 5) is 7.88. The van der Waals surface area contributed by atoms with E-state index < -0.39 is 0 Å². The number of hydrogen-bond donors (Lipinski definition) is 2. The average molecular weight is 391 g/mol. The molecule has 0 aliphatic rings. The third kappa shape index (κ3) is 2.90. The predicted octanol–water partition coefficient (Wildman–Crippen LogP) is 4.04. The van der Waals surface area contributed by atoms with E-state index >= 15 is 0 Å². The zero-order chi connectivity index (χ0) is 18.2. The summed E-state index contributed by atoms with van der Waals surface area (Å²) in [5.41, 5.74) is 3.48. The van der Waals surface area contributed by atoms with Crippen molar-refractivity contribution in [1.29, 1.82) is 0 Å². The van der Waals surface area contributed by atoms with E-state index in [2.05, 4.69) is 30.4 Å². The number of para-hydroxylation sites is 2. The summed E-state index contributed by atoms with van der Waals surface area (Å²) < 4.78 is 2.47. The summed E-state index contributed by atoms with van der Waals surface area (Å²) in [7, 11) is 0. The molecule has 0 atom stereocenters. The van der Waals surface area contributed by atoms with E-state index in [0.717, 1.165) is 33.6 Å². The van der Waals surface area contributed by atoms with Crippen LogP contribution in [0.15, 0.2) is 59.8 Å². The van der Waals surface area contributed by atoms with Gasteiger partial charge in [-0.3, -0.25) is 9.67 Å². The van der Waals surface area contributed by atoms with Gasteiger partial charge in [0.15, 0.2) is 10.4 Å². The van der Waals surface area contributed by atoms with Crippen LogP contribution in [-0.4, -0.2) is 34.9 Å². The largest absolute Gasteiger partial charge is 0.338 e. The van der Waals surface area contributed by atoms with Crippen molar-refractivity contribution in [2.45, 2.75) is 10.9 Å². The molecule has 0 saturated carbocycles. The fraction of sp³-hybridized carbons (Fsp3) is 0.0556. The number of rotatable bonds is 4. The van der Waals surface area contributed by atoms with Gasteiger partial charge in [0.25, 0.3) is 0 Å². The first-order valence-electron chi connectivity index (χ1n) is 8.25. The molecule has 0 radical (unpaired) electrons. The fourth-order valence-corrected chi connectivity index (χ4v) is 3.93. The highest BCUT2D eigenvalue weighted by Crippen LogP contribution is 2.25. The van der Waals surface area contributed by atoms with Gasteiger partial charge in [0.1, 0.15) is 11.3 Å². The van der Waals surface area contributed by atoms with Crippen molar-refractivity contribution < 1.29 is 0 Å². The Hall–Kier alpha value is -3.04. The van der Waals surface area contributed by atoms with Gasteiger partial charge in [-0.2, -0.15) is 5.10 Å². The van der Waals surface area contributed by atoms with Crippen molar-refractivity contribution >= 4 is 46.0 Å². The summed E-state index contributed by atoms with van der Waals surface area (Å²) >= 11 is 6.84. The van der Waals surface area contributed by atoms with Crippen molar-refractivity contribution in [2.75, 3.05) is 0 Å². The van der Waals surface area contributed by atoms with Crippen LogP contribution in [0.2, 0.25) is 0 Å². The SMILES string of the molecule is S=c1[nH]nc(CSc2nnc3c(n2)[nH]c2ccccc23)n1-c1ccccc1. The summed E-state index contributed by atoms with van der Waals surface area (Å²) in [5.74, 6) is 1.37. The van der Waals surface area contributed by atoms with Crippen molar-refractivity contribution in [3.63, 3.8) is 0 Å². The lowest BCUT2D eigenvalue weighted by Gasteiger charge is -2.05. The van der Waals surface area contributed by atoms with Crippen LogP contribution in [0, 0.1) is 4.77 Å². The van der Waals surface area contributed by atoms with Gasteiger partial charge in [-0.15, -0.1) is 10.2 Å². The van der Waals surface area contributed by atoms with Crippen LogP contribution in [0.4, 0.5) is 0 Å². The Kier molecular flexibility index (Phi) is 3.95. The standard InChI is InChI=1S/C18H13N7S2/c26-18-24-21-14(25(18)11-6-2-1-3-7-11)10-27-17-20-16-15(22-23-17)12-8-4-5-9-13(12)19-16/h1-9H,10H2,(H,24,26)(H,19,20,23). The van der Waals surface area contributed by atoms with Crippen LogP contribution < -0.4 is 0 Å². The molecule has 27 heavy (non-hydrogen) atoms.